The van der Waals surface area contributed by atoms with Crippen molar-refractivity contribution in [2.75, 3.05) is 11.6 Å². The highest BCUT2D eigenvalue weighted by Gasteiger charge is 2.19. The lowest BCUT2D eigenvalue weighted by Crippen LogP contribution is -2.19. The number of anilines is 1. The minimum atomic E-state index is 0.739. The van der Waals surface area contributed by atoms with E-state index in [2.05, 4.69) is 38.6 Å². The van der Waals surface area contributed by atoms with Crippen LogP contribution < -0.4 is 4.97 Å². The van der Waals surface area contributed by atoms with Crippen LogP contribution >= 0.6 is 11.6 Å². The molecule has 2 aromatic carbocycles. The van der Waals surface area contributed by atoms with E-state index in [9.17, 15) is 0 Å². The molecule has 0 spiro atoms. The Bertz CT molecular complexity index is 596. The van der Waals surface area contributed by atoms with Gasteiger partial charge in [-0.2, -0.15) is 0 Å². The van der Waals surface area contributed by atoms with Crippen LogP contribution in [0.25, 0.3) is 11.1 Å². The van der Waals surface area contributed by atoms with Crippen LogP contribution in [0.2, 0.25) is 11.3 Å². The summed E-state index contributed by atoms with van der Waals surface area (Å²) in [5.41, 5.74) is 4.53. The van der Waals surface area contributed by atoms with Crippen LogP contribution in [0, 0.1) is 6.92 Å². The van der Waals surface area contributed by atoms with Gasteiger partial charge in [0.1, 0.15) is 0 Å². The fraction of sp³-hybridized carbons (Fsp3) is 0.200. The standard InChI is InChI=1S/C15H14BClNO/c1-11-5-6-15(18-16-7-8-19-18)14(9-11)12-3-2-4-13(17)10-12/h2-6,9-10H,7-8H2,1H3. The summed E-state index contributed by atoms with van der Waals surface area (Å²) in [6, 6.07) is 14.3. The van der Waals surface area contributed by atoms with E-state index in [-0.39, 0.29) is 0 Å². The molecule has 0 N–H and O–H groups in total. The van der Waals surface area contributed by atoms with Gasteiger partial charge in [0.05, 0.1) is 12.3 Å². The van der Waals surface area contributed by atoms with Gasteiger partial charge in [-0.05, 0) is 43.1 Å². The summed E-state index contributed by atoms with van der Waals surface area (Å²) in [4.78, 5) is 7.47. The molecule has 1 radical (unpaired) electrons. The molecule has 1 aliphatic heterocycles. The van der Waals surface area contributed by atoms with E-state index in [1.165, 1.54) is 5.56 Å². The molecular formula is C15H14BClNO. The summed E-state index contributed by atoms with van der Waals surface area (Å²) >= 11 is 6.09. The SMILES string of the molecule is Cc1ccc(N2[B]CCO2)c(-c2cccc(Cl)c2)c1. The van der Waals surface area contributed by atoms with Gasteiger partial charge in [0.25, 0.3) is 7.41 Å². The zero-order chi connectivity index (χ0) is 13.2. The van der Waals surface area contributed by atoms with Gasteiger partial charge in [0, 0.05) is 10.6 Å². The normalized spacial score (nSPS) is 14.5. The maximum Gasteiger partial charge on any atom is 0.288 e. The van der Waals surface area contributed by atoms with Crippen molar-refractivity contribution in [1.82, 2.24) is 0 Å². The van der Waals surface area contributed by atoms with Crippen LogP contribution in [-0.4, -0.2) is 14.0 Å². The number of hydrogen-bond acceptors (Lipinski definition) is 2. The molecule has 1 aliphatic rings. The smallest absolute Gasteiger partial charge is 0.288 e. The third-order valence-corrected chi connectivity index (χ3v) is 3.40. The molecule has 0 bridgehead atoms. The average Bonchev–Trinajstić information content (AvgIpc) is 2.92. The molecule has 95 valence electrons. The Labute approximate surface area is 119 Å². The molecule has 4 heteroatoms. The Kier molecular flexibility index (Phi) is 3.49. The molecule has 1 heterocycles. The van der Waals surface area contributed by atoms with Gasteiger partial charge in [0.2, 0.25) is 0 Å². The van der Waals surface area contributed by atoms with E-state index in [1.54, 1.807) is 0 Å². The molecule has 0 aliphatic carbocycles. The predicted octanol–water partition coefficient (Wildman–Crippen LogP) is 4.10. The van der Waals surface area contributed by atoms with Gasteiger partial charge in [-0.15, -0.1) is 0 Å². The summed E-state index contributed by atoms with van der Waals surface area (Å²) < 4.78 is 0. The van der Waals surface area contributed by atoms with Crippen molar-refractivity contribution in [3.63, 3.8) is 0 Å². The highest BCUT2D eigenvalue weighted by atomic mass is 35.5. The second-order valence-corrected chi connectivity index (χ2v) is 5.10. The van der Waals surface area contributed by atoms with E-state index < -0.39 is 0 Å². The molecule has 2 aromatic rings. The molecule has 0 unspecified atom stereocenters. The fourth-order valence-corrected chi connectivity index (χ4v) is 2.46. The second kappa shape index (κ2) is 5.28. The minimum absolute atomic E-state index is 0.739. The number of rotatable bonds is 2. The summed E-state index contributed by atoms with van der Waals surface area (Å²) in [7, 11) is 2.07. The van der Waals surface area contributed by atoms with E-state index in [0.717, 1.165) is 34.8 Å². The Morgan fingerprint density at radius 1 is 1.21 bits per heavy atom. The lowest BCUT2D eigenvalue weighted by molar-refractivity contribution is 0.185. The number of hydrogen-bond donors (Lipinski definition) is 0. The zero-order valence-corrected chi connectivity index (χ0v) is 11.5. The monoisotopic (exact) mass is 270 g/mol. The first-order chi connectivity index (χ1) is 9.24. The quantitative estimate of drug-likeness (QED) is 0.762. The van der Waals surface area contributed by atoms with E-state index in [1.807, 2.05) is 23.2 Å². The van der Waals surface area contributed by atoms with Crippen LogP contribution in [0.4, 0.5) is 5.69 Å². The summed E-state index contributed by atoms with van der Waals surface area (Å²) in [6.45, 7) is 2.83. The third kappa shape index (κ3) is 2.62. The van der Waals surface area contributed by atoms with E-state index in [0.29, 0.717) is 0 Å². The molecular weight excluding hydrogens is 256 g/mol. The molecule has 3 rings (SSSR count). The second-order valence-electron chi connectivity index (χ2n) is 4.66. The Balaban J connectivity index is 2.10. The van der Waals surface area contributed by atoms with Crippen molar-refractivity contribution < 1.29 is 4.84 Å². The van der Waals surface area contributed by atoms with Crippen molar-refractivity contribution in [2.24, 2.45) is 0 Å². The molecule has 0 aromatic heterocycles. The Hall–Kier alpha value is -1.45. The van der Waals surface area contributed by atoms with Crippen molar-refractivity contribution >= 4 is 24.7 Å². The van der Waals surface area contributed by atoms with Crippen LogP contribution in [0.3, 0.4) is 0 Å². The number of nitrogens with zero attached hydrogens (tertiary/aromatic N) is 1. The molecule has 19 heavy (non-hydrogen) atoms. The fourth-order valence-electron chi connectivity index (χ4n) is 2.27. The first-order valence-corrected chi connectivity index (χ1v) is 6.74. The number of benzene rings is 2. The lowest BCUT2D eigenvalue weighted by Gasteiger charge is -2.21. The third-order valence-electron chi connectivity index (χ3n) is 3.17. The van der Waals surface area contributed by atoms with Crippen molar-refractivity contribution in [2.45, 2.75) is 13.2 Å². The molecule has 0 amide bonds. The van der Waals surface area contributed by atoms with Gasteiger partial charge in [-0.25, -0.2) is 0 Å². The molecule has 1 saturated heterocycles. The van der Waals surface area contributed by atoms with Gasteiger partial charge < -0.3 is 4.97 Å². The number of halogens is 1. The minimum Gasteiger partial charge on any atom is -0.306 e. The van der Waals surface area contributed by atoms with Gasteiger partial charge in [0.15, 0.2) is 0 Å². The summed E-state index contributed by atoms with van der Waals surface area (Å²) in [6.07, 6.45) is 0.947. The Morgan fingerprint density at radius 3 is 2.84 bits per heavy atom. The average molecular weight is 271 g/mol. The van der Waals surface area contributed by atoms with Crippen LogP contribution in [0.5, 0.6) is 0 Å². The highest BCUT2D eigenvalue weighted by Crippen LogP contribution is 2.34. The maximum absolute atomic E-state index is 6.09. The van der Waals surface area contributed by atoms with Gasteiger partial charge in [-0.1, -0.05) is 35.4 Å². The number of aryl methyl sites for hydroxylation is 1. The molecule has 2 nitrogen and oxygen atoms in total. The molecule has 0 saturated carbocycles. The summed E-state index contributed by atoms with van der Waals surface area (Å²) in [5.74, 6) is 0. The van der Waals surface area contributed by atoms with E-state index >= 15 is 0 Å². The predicted molar refractivity (Wildman–Crippen MR) is 80.6 cm³/mol. The largest absolute Gasteiger partial charge is 0.306 e. The summed E-state index contributed by atoms with van der Waals surface area (Å²) in [5, 5.41) is 0.747. The van der Waals surface area contributed by atoms with Crippen LogP contribution in [0.1, 0.15) is 5.56 Å². The molecule has 0 atom stereocenters. The first-order valence-electron chi connectivity index (χ1n) is 6.36. The zero-order valence-electron chi connectivity index (χ0n) is 10.8. The maximum atomic E-state index is 6.09. The highest BCUT2D eigenvalue weighted by molar-refractivity contribution is 6.41. The molecule has 1 fully saturated rings. The van der Waals surface area contributed by atoms with E-state index in [4.69, 9.17) is 16.4 Å². The van der Waals surface area contributed by atoms with Crippen molar-refractivity contribution in [3.05, 3.63) is 53.1 Å². The van der Waals surface area contributed by atoms with Gasteiger partial charge >= 0.3 is 0 Å². The topological polar surface area (TPSA) is 12.5 Å². The van der Waals surface area contributed by atoms with Crippen LogP contribution in [0.15, 0.2) is 42.5 Å². The van der Waals surface area contributed by atoms with Gasteiger partial charge in [-0.3, -0.25) is 4.84 Å². The Morgan fingerprint density at radius 2 is 2.11 bits per heavy atom. The van der Waals surface area contributed by atoms with Crippen LogP contribution in [-0.2, 0) is 4.84 Å². The van der Waals surface area contributed by atoms with Crippen molar-refractivity contribution in [1.29, 1.82) is 0 Å². The lowest BCUT2D eigenvalue weighted by atomic mass is 9.89. The first kappa shape index (κ1) is 12.6. The van der Waals surface area contributed by atoms with Crippen molar-refractivity contribution in [3.8, 4) is 11.1 Å².